The van der Waals surface area contributed by atoms with E-state index in [9.17, 15) is 0 Å². The zero-order valence-electron chi connectivity index (χ0n) is 10.7. The molecule has 2 nitrogen and oxygen atoms in total. The van der Waals surface area contributed by atoms with Crippen molar-refractivity contribution in [2.45, 2.75) is 33.1 Å². The summed E-state index contributed by atoms with van der Waals surface area (Å²) in [5.41, 5.74) is 1.70. The molecule has 3 heteroatoms. The van der Waals surface area contributed by atoms with E-state index < -0.39 is 0 Å². The number of hydrogen-bond donors (Lipinski definition) is 1. The molecular formula is C14H21ClN2. The molecule has 2 rings (SSSR count). The van der Waals surface area contributed by atoms with Crippen LogP contribution < -0.4 is 5.32 Å². The van der Waals surface area contributed by atoms with Gasteiger partial charge in [0.25, 0.3) is 0 Å². The molecule has 0 spiro atoms. The SMILES string of the molecule is CC(C)CNCC1(Cc2ccncc2Cl)CC1. The van der Waals surface area contributed by atoms with Crippen molar-refractivity contribution in [3.8, 4) is 0 Å². The summed E-state index contributed by atoms with van der Waals surface area (Å²) in [6.45, 7) is 6.70. The molecule has 1 N–H and O–H groups in total. The van der Waals surface area contributed by atoms with Gasteiger partial charge < -0.3 is 5.32 Å². The highest BCUT2D eigenvalue weighted by Gasteiger charge is 2.42. The first-order valence-corrected chi connectivity index (χ1v) is 6.78. The highest BCUT2D eigenvalue weighted by molar-refractivity contribution is 6.31. The van der Waals surface area contributed by atoms with Crippen LogP contribution >= 0.6 is 11.6 Å². The normalized spacial score (nSPS) is 17.4. The second-order valence-electron chi connectivity index (χ2n) is 5.67. The highest BCUT2D eigenvalue weighted by Crippen LogP contribution is 2.48. The molecule has 0 saturated heterocycles. The first-order valence-electron chi connectivity index (χ1n) is 6.40. The zero-order valence-corrected chi connectivity index (χ0v) is 11.4. The van der Waals surface area contributed by atoms with Crippen molar-refractivity contribution in [1.82, 2.24) is 10.3 Å². The molecule has 1 fully saturated rings. The molecule has 1 aliphatic carbocycles. The predicted octanol–water partition coefficient (Wildman–Crippen LogP) is 3.30. The molecule has 0 aromatic carbocycles. The smallest absolute Gasteiger partial charge is 0.0621 e. The zero-order chi connectivity index (χ0) is 12.3. The third-order valence-corrected chi connectivity index (χ3v) is 3.77. The number of pyridine rings is 1. The summed E-state index contributed by atoms with van der Waals surface area (Å²) in [5, 5.41) is 4.38. The molecule has 1 aliphatic rings. The topological polar surface area (TPSA) is 24.9 Å². The van der Waals surface area contributed by atoms with E-state index in [4.69, 9.17) is 11.6 Å². The summed E-state index contributed by atoms with van der Waals surface area (Å²) >= 11 is 6.16. The minimum absolute atomic E-state index is 0.458. The Labute approximate surface area is 109 Å². The summed E-state index contributed by atoms with van der Waals surface area (Å²) < 4.78 is 0. The van der Waals surface area contributed by atoms with E-state index in [2.05, 4.69) is 24.1 Å². The quantitative estimate of drug-likeness (QED) is 0.840. The van der Waals surface area contributed by atoms with Crippen LogP contribution in [0.3, 0.4) is 0 Å². The van der Waals surface area contributed by atoms with E-state index >= 15 is 0 Å². The third-order valence-electron chi connectivity index (χ3n) is 3.43. The van der Waals surface area contributed by atoms with Gasteiger partial charge >= 0.3 is 0 Å². The average Bonchev–Trinajstić information content (AvgIpc) is 3.01. The fourth-order valence-electron chi connectivity index (χ4n) is 2.17. The van der Waals surface area contributed by atoms with Crippen molar-refractivity contribution in [3.63, 3.8) is 0 Å². The molecule has 0 amide bonds. The van der Waals surface area contributed by atoms with Gasteiger partial charge in [0.05, 0.1) is 5.02 Å². The van der Waals surface area contributed by atoms with Crippen molar-refractivity contribution in [3.05, 3.63) is 29.0 Å². The Balaban J connectivity index is 1.88. The van der Waals surface area contributed by atoms with Crippen molar-refractivity contribution >= 4 is 11.6 Å². The van der Waals surface area contributed by atoms with Gasteiger partial charge in [-0.25, -0.2) is 0 Å². The predicted molar refractivity (Wildman–Crippen MR) is 72.3 cm³/mol. The lowest BCUT2D eigenvalue weighted by Crippen LogP contribution is -2.28. The van der Waals surface area contributed by atoms with Crippen LogP contribution in [0.15, 0.2) is 18.5 Å². The number of nitrogens with one attached hydrogen (secondary N) is 1. The molecule has 0 atom stereocenters. The number of rotatable bonds is 6. The van der Waals surface area contributed by atoms with Crippen LogP contribution in [0, 0.1) is 11.3 Å². The minimum atomic E-state index is 0.458. The summed E-state index contributed by atoms with van der Waals surface area (Å²) in [5.74, 6) is 0.718. The van der Waals surface area contributed by atoms with Crippen LogP contribution in [0.4, 0.5) is 0 Å². The summed E-state index contributed by atoms with van der Waals surface area (Å²) in [6, 6.07) is 2.05. The lowest BCUT2D eigenvalue weighted by atomic mass is 9.97. The largest absolute Gasteiger partial charge is 0.316 e. The first-order chi connectivity index (χ1) is 8.11. The second-order valence-corrected chi connectivity index (χ2v) is 6.08. The maximum atomic E-state index is 6.16. The highest BCUT2D eigenvalue weighted by atomic mass is 35.5. The van der Waals surface area contributed by atoms with Crippen LogP contribution in [-0.2, 0) is 6.42 Å². The Morgan fingerprint density at radius 3 is 2.82 bits per heavy atom. The van der Waals surface area contributed by atoms with Crippen molar-refractivity contribution in [2.75, 3.05) is 13.1 Å². The molecule has 94 valence electrons. The van der Waals surface area contributed by atoms with Crippen LogP contribution in [-0.4, -0.2) is 18.1 Å². The van der Waals surface area contributed by atoms with Gasteiger partial charge in [-0.2, -0.15) is 0 Å². The van der Waals surface area contributed by atoms with Gasteiger partial charge in [-0.1, -0.05) is 25.4 Å². The maximum absolute atomic E-state index is 6.16. The molecular weight excluding hydrogens is 232 g/mol. The van der Waals surface area contributed by atoms with Crippen LogP contribution in [0.25, 0.3) is 0 Å². The molecule has 1 aromatic heterocycles. The van der Waals surface area contributed by atoms with Crippen LogP contribution in [0.1, 0.15) is 32.3 Å². The van der Waals surface area contributed by atoms with E-state index in [0.717, 1.165) is 30.5 Å². The second kappa shape index (κ2) is 5.36. The van der Waals surface area contributed by atoms with E-state index in [1.54, 1.807) is 6.20 Å². The first kappa shape index (κ1) is 12.8. The summed E-state index contributed by atoms with van der Waals surface area (Å²) in [6.07, 6.45) is 7.29. The lowest BCUT2D eigenvalue weighted by molar-refractivity contribution is 0.432. The van der Waals surface area contributed by atoms with Crippen LogP contribution in [0.5, 0.6) is 0 Å². The lowest BCUT2D eigenvalue weighted by Gasteiger charge is -2.17. The summed E-state index contributed by atoms with van der Waals surface area (Å²) in [4.78, 5) is 4.03. The van der Waals surface area contributed by atoms with E-state index in [-0.39, 0.29) is 0 Å². The van der Waals surface area contributed by atoms with Gasteiger partial charge in [0.2, 0.25) is 0 Å². The average molecular weight is 253 g/mol. The Bertz CT molecular complexity index is 372. The van der Waals surface area contributed by atoms with Gasteiger partial charge in [-0.05, 0) is 48.8 Å². The Hall–Kier alpha value is -0.600. The number of halogens is 1. The molecule has 0 radical (unpaired) electrons. The Morgan fingerprint density at radius 1 is 1.47 bits per heavy atom. The van der Waals surface area contributed by atoms with E-state index in [1.165, 1.54) is 18.4 Å². The molecule has 0 bridgehead atoms. The minimum Gasteiger partial charge on any atom is -0.316 e. The molecule has 17 heavy (non-hydrogen) atoms. The molecule has 0 aliphatic heterocycles. The molecule has 1 saturated carbocycles. The van der Waals surface area contributed by atoms with Gasteiger partial charge in [0.15, 0.2) is 0 Å². The van der Waals surface area contributed by atoms with Crippen molar-refractivity contribution in [2.24, 2.45) is 11.3 Å². The van der Waals surface area contributed by atoms with Gasteiger partial charge in [-0.15, -0.1) is 0 Å². The van der Waals surface area contributed by atoms with Crippen LogP contribution in [0.2, 0.25) is 5.02 Å². The van der Waals surface area contributed by atoms with E-state index in [0.29, 0.717) is 5.41 Å². The number of hydrogen-bond acceptors (Lipinski definition) is 2. The fraction of sp³-hybridized carbons (Fsp3) is 0.643. The monoisotopic (exact) mass is 252 g/mol. The standard InChI is InChI=1S/C14H21ClN2/c1-11(2)8-17-10-14(4-5-14)7-12-3-6-16-9-13(12)15/h3,6,9,11,17H,4-5,7-8,10H2,1-2H3. The molecule has 1 aromatic rings. The van der Waals surface area contributed by atoms with Crippen molar-refractivity contribution in [1.29, 1.82) is 0 Å². The molecule has 0 unspecified atom stereocenters. The number of nitrogens with zero attached hydrogens (tertiary/aromatic N) is 1. The van der Waals surface area contributed by atoms with Gasteiger partial charge in [0, 0.05) is 18.9 Å². The Morgan fingerprint density at radius 2 is 2.24 bits per heavy atom. The number of aromatic nitrogens is 1. The maximum Gasteiger partial charge on any atom is 0.0621 e. The van der Waals surface area contributed by atoms with Gasteiger partial charge in [0.1, 0.15) is 0 Å². The fourth-order valence-corrected chi connectivity index (χ4v) is 2.36. The Kier molecular flexibility index (Phi) is 4.05. The third kappa shape index (κ3) is 3.68. The molecule has 1 heterocycles. The van der Waals surface area contributed by atoms with Crippen molar-refractivity contribution < 1.29 is 0 Å². The van der Waals surface area contributed by atoms with E-state index in [1.807, 2.05) is 12.3 Å². The van der Waals surface area contributed by atoms with Gasteiger partial charge in [-0.3, -0.25) is 4.98 Å². The summed E-state index contributed by atoms with van der Waals surface area (Å²) in [7, 11) is 0.